The molecule has 0 fully saturated rings. The molecule has 11 rings (SSSR count). The van der Waals surface area contributed by atoms with Crippen molar-refractivity contribution in [3.63, 3.8) is 0 Å². The van der Waals surface area contributed by atoms with Crippen LogP contribution in [0.4, 0.5) is 17.1 Å². The Balaban J connectivity index is 0.955. The fourth-order valence-electron chi connectivity index (χ4n) is 8.59. The molecule has 0 bridgehead atoms. The van der Waals surface area contributed by atoms with Gasteiger partial charge in [-0.2, -0.15) is 0 Å². The summed E-state index contributed by atoms with van der Waals surface area (Å²) in [6, 6.07) is 80.5. The molecule has 2 nitrogen and oxygen atoms in total. The van der Waals surface area contributed by atoms with Crippen molar-refractivity contribution < 1.29 is 4.42 Å². The molecule has 0 aliphatic heterocycles. The van der Waals surface area contributed by atoms with Gasteiger partial charge in [0.2, 0.25) is 0 Å². The van der Waals surface area contributed by atoms with Crippen LogP contribution in [0.1, 0.15) is 0 Å². The molecule has 0 spiro atoms. The van der Waals surface area contributed by atoms with Gasteiger partial charge in [0.25, 0.3) is 0 Å². The second kappa shape index (κ2) is 14.1. The molecule has 0 radical (unpaired) electrons. The zero-order valence-corrected chi connectivity index (χ0v) is 31.7. The van der Waals surface area contributed by atoms with Gasteiger partial charge >= 0.3 is 0 Å². The quantitative estimate of drug-likeness (QED) is 0.162. The fraction of sp³-hybridized carbons (Fsp3) is 0. The van der Waals surface area contributed by atoms with Crippen LogP contribution < -0.4 is 4.90 Å². The summed E-state index contributed by atoms with van der Waals surface area (Å²) in [6.45, 7) is 0. The molecule has 0 atom stereocenters. The van der Waals surface area contributed by atoms with Crippen LogP contribution in [-0.4, -0.2) is 0 Å². The van der Waals surface area contributed by atoms with Crippen LogP contribution in [0, 0.1) is 0 Å². The number of benzene rings is 10. The maximum Gasteiger partial charge on any atom is 0.143 e. The van der Waals surface area contributed by atoms with Gasteiger partial charge in [0.1, 0.15) is 11.2 Å². The molecule has 0 N–H and O–H groups in total. The lowest BCUT2D eigenvalue weighted by molar-refractivity contribution is 0.673. The van der Waals surface area contributed by atoms with Crippen molar-refractivity contribution in [3.05, 3.63) is 224 Å². The Morgan fingerprint density at radius 1 is 0.276 bits per heavy atom. The second-order valence-electron chi connectivity index (χ2n) is 14.9. The zero-order valence-electron chi connectivity index (χ0n) is 31.7. The number of hydrogen-bond acceptors (Lipinski definition) is 2. The van der Waals surface area contributed by atoms with E-state index in [4.69, 9.17) is 4.42 Å². The highest BCUT2D eigenvalue weighted by atomic mass is 16.3. The Labute approximate surface area is 337 Å². The first-order valence-electron chi connectivity index (χ1n) is 19.8. The summed E-state index contributed by atoms with van der Waals surface area (Å²) in [5, 5.41) is 7.12. The molecule has 0 amide bonds. The van der Waals surface area contributed by atoms with E-state index in [9.17, 15) is 0 Å². The smallest absolute Gasteiger partial charge is 0.143 e. The molecule has 0 saturated heterocycles. The average molecular weight is 740 g/mol. The molecule has 58 heavy (non-hydrogen) atoms. The molecule has 272 valence electrons. The highest BCUT2D eigenvalue weighted by Crippen LogP contribution is 2.42. The van der Waals surface area contributed by atoms with E-state index in [1.165, 1.54) is 49.5 Å². The lowest BCUT2D eigenvalue weighted by Gasteiger charge is -2.26. The lowest BCUT2D eigenvalue weighted by Crippen LogP contribution is -2.09. The van der Waals surface area contributed by atoms with Crippen LogP contribution in [0.25, 0.3) is 88.0 Å². The van der Waals surface area contributed by atoms with Crippen molar-refractivity contribution in [1.82, 2.24) is 0 Å². The molecular weight excluding hydrogens is 703 g/mol. The highest BCUT2D eigenvalue weighted by Gasteiger charge is 2.17. The summed E-state index contributed by atoms with van der Waals surface area (Å²) in [6.07, 6.45) is 0. The Kier molecular flexibility index (Phi) is 8.19. The van der Waals surface area contributed by atoms with Gasteiger partial charge in [-0.25, -0.2) is 0 Å². The predicted molar refractivity (Wildman–Crippen MR) is 245 cm³/mol. The van der Waals surface area contributed by atoms with E-state index in [0.717, 1.165) is 55.5 Å². The monoisotopic (exact) mass is 739 g/mol. The van der Waals surface area contributed by atoms with Gasteiger partial charge in [0.05, 0.1) is 0 Å². The highest BCUT2D eigenvalue weighted by molar-refractivity contribution is 6.19. The van der Waals surface area contributed by atoms with Crippen molar-refractivity contribution in [2.45, 2.75) is 0 Å². The van der Waals surface area contributed by atoms with Crippen LogP contribution >= 0.6 is 0 Å². The first-order chi connectivity index (χ1) is 28.7. The topological polar surface area (TPSA) is 16.4 Å². The third kappa shape index (κ3) is 5.91. The minimum absolute atomic E-state index is 0.899. The van der Waals surface area contributed by atoms with Crippen LogP contribution in [-0.2, 0) is 0 Å². The van der Waals surface area contributed by atoms with Gasteiger partial charge in [-0.1, -0.05) is 176 Å². The van der Waals surface area contributed by atoms with E-state index in [1.54, 1.807) is 0 Å². The van der Waals surface area contributed by atoms with E-state index >= 15 is 0 Å². The molecule has 1 aromatic heterocycles. The van der Waals surface area contributed by atoms with Crippen LogP contribution in [0.15, 0.2) is 229 Å². The molecule has 0 aliphatic rings. The molecule has 11 aromatic rings. The summed E-state index contributed by atoms with van der Waals surface area (Å²) < 4.78 is 6.52. The molecule has 2 heteroatoms. The van der Waals surface area contributed by atoms with Crippen molar-refractivity contribution >= 4 is 60.5 Å². The van der Waals surface area contributed by atoms with Gasteiger partial charge in [-0.15, -0.1) is 0 Å². The number of fused-ring (bicyclic) bond motifs is 6. The van der Waals surface area contributed by atoms with Gasteiger partial charge in [0, 0.05) is 33.2 Å². The fourth-order valence-corrected chi connectivity index (χ4v) is 8.59. The van der Waals surface area contributed by atoms with Crippen LogP contribution in [0.2, 0.25) is 0 Å². The minimum Gasteiger partial charge on any atom is -0.455 e. The molecule has 0 aliphatic carbocycles. The van der Waals surface area contributed by atoms with Crippen molar-refractivity contribution in [2.75, 3.05) is 4.90 Å². The van der Waals surface area contributed by atoms with E-state index in [0.29, 0.717) is 0 Å². The predicted octanol–water partition coefficient (Wildman–Crippen LogP) is 16.0. The largest absolute Gasteiger partial charge is 0.455 e. The summed E-state index contributed by atoms with van der Waals surface area (Å²) in [7, 11) is 0. The molecule has 0 unspecified atom stereocenters. The molecule has 1 heterocycles. The molecular formula is C56H37NO. The maximum absolute atomic E-state index is 6.52. The molecule has 10 aromatic carbocycles. The summed E-state index contributed by atoms with van der Waals surface area (Å²) >= 11 is 0. The Bertz CT molecular complexity index is 3230. The van der Waals surface area contributed by atoms with E-state index in [-0.39, 0.29) is 0 Å². The van der Waals surface area contributed by atoms with E-state index < -0.39 is 0 Å². The first kappa shape index (κ1) is 33.6. The van der Waals surface area contributed by atoms with E-state index in [1.807, 2.05) is 0 Å². The minimum atomic E-state index is 0.899. The standard InChI is InChI=1S/C56H37NO/c1-2-10-38(11-3-1)40-24-31-46(32-25-40)57(47-33-26-41(27-34-47)39-20-22-44(23-21-39)50-17-8-14-42-12-4-6-15-49(42)50)48-35-28-45(29-36-48)51-18-9-19-54-55(51)53-37-30-43-13-5-7-16-52(43)56(53)58-54/h1-37H. The summed E-state index contributed by atoms with van der Waals surface area (Å²) in [5.74, 6) is 0. The normalized spacial score (nSPS) is 11.4. The van der Waals surface area contributed by atoms with E-state index in [2.05, 4.69) is 229 Å². The summed E-state index contributed by atoms with van der Waals surface area (Å²) in [4.78, 5) is 2.34. The third-order valence-corrected chi connectivity index (χ3v) is 11.5. The van der Waals surface area contributed by atoms with Crippen LogP contribution in [0.3, 0.4) is 0 Å². The maximum atomic E-state index is 6.52. The number of furan rings is 1. The second-order valence-corrected chi connectivity index (χ2v) is 14.9. The number of anilines is 3. The average Bonchev–Trinajstić information content (AvgIpc) is 3.70. The number of hydrogen-bond donors (Lipinski definition) is 0. The Hall–Kier alpha value is -7.68. The van der Waals surface area contributed by atoms with Crippen molar-refractivity contribution in [1.29, 1.82) is 0 Å². The first-order valence-corrected chi connectivity index (χ1v) is 19.8. The van der Waals surface area contributed by atoms with Gasteiger partial charge in [0.15, 0.2) is 0 Å². The van der Waals surface area contributed by atoms with Crippen molar-refractivity contribution in [3.8, 4) is 44.5 Å². The zero-order chi connectivity index (χ0) is 38.4. The van der Waals surface area contributed by atoms with Gasteiger partial charge in [-0.3, -0.25) is 0 Å². The number of rotatable bonds is 7. The molecule has 0 saturated carbocycles. The lowest BCUT2D eigenvalue weighted by atomic mass is 9.96. The Morgan fingerprint density at radius 2 is 0.724 bits per heavy atom. The van der Waals surface area contributed by atoms with Gasteiger partial charge < -0.3 is 9.32 Å². The third-order valence-electron chi connectivity index (χ3n) is 11.5. The summed E-state index contributed by atoms with van der Waals surface area (Å²) in [5.41, 5.74) is 14.6. The van der Waals surface area contributed by atoms with Gasteiger partial charge in [-0.05, 0) is 109 Å². The number of nitrogens with zero attached hydrogens (tertiary/aromatic N) is 1. The van der Waals surface area contributed by atoms with Crippen LogP contribution in [0.5, 0.6) is 0 Å². The van der Waals surface area contributed by atoms with Crippen molar-refractivity contribution in [2.24, 2.45) is 0 Å². The Morgan fingerprint density at radius 3 is 1.38 bits per heavy atom. The SMILES string of the molecule is c1ccc(-c2ccc(N(c3ccc(-c4ccc(-c5cccc6ccccc56)cc4)cc3)c3ccc(-c4cccc5oc6c7ccccc7ccc6c45)cc3)cc2)cc1.